The van der Waals surface area contributed by atoms with E-state index in [0.29, 0.717) is 4.90 Å². The van der Waals surface area contributed by atoms with E-state index in [1.807, 2.05) is 26.0 Å². The molecule has 0 amide bonds. The number of rotatable bonds is 4. The molecule has 1 fully saturated rings. The Morgan fingerprint density at radius 1 is 1.24 bits per heavy atom. The Morgan fingerprint density at radius 3 is 2.35 bits per heavy atom. The van der Waals surface area contributed by atoms with Crippen LogP contribution in [0.4, 0.5) is 0 Å². The molecule has 0 bridgehead atoms. The molecule has 0 aliphatic carbocycles. The first kappa shape index (κ1) is 12.6. The monoisotopic (exact) mass is 253 g/mol. The van der Waals surface area contributed by atoms with Crippen LogP contribution in [0.15, 0.2) is 29.2 Å². The minimum Gasteiger partial charge on any atom is -0.207 e. The average molecular weight is 253 g/mol. The molecule has 0 N–H and O–H groups in total. The number of benzene rings is 1. The zero-order valence-electron chi connectivity index (χ0n) is 10.6. The van der Waals surface area contributed by atoms with Gasteiger partial charge >= 0.3 is 0 Å². The number of aryl methyl sites for hydroxylation is 1. The van der Waals surface area contributed by atoms with Crippen molar-refractivity contribution in [2.24, 2.45) is 0 Å². The van der Waals surface area contributed by atoms with Crippen LogP contribution in [0.25, 0.3) is 0 Å². The number of sulfonamides is 1. The lowest BCUT2D eigenvalue weighted by Gasteiger charge is -2.06. The van der Waals surface area contributed by atoms with E-state index >= 15 is 0 Å². The quantitative estimate of drug-likeness (QED) is 0.773. The van der Waals surface area contributed by atoms with Crippen molar-refractivity contribution in [2.45, 2.75) is 50.6 Å². The summed E-state index contributed by atoms with van der Waals surface area (Å²) in [6.45, 7) is 6.02. The third-order valence-corrected chi connectivity index (χ3v) is 5.40. The molecule has 1 aromatic carbocycles. The number of hydrogen-bond donors (Lipinski definition) is 0. The third-order valence-electron chi connectivity index (χ3n) is 3.38. The van der Waals surface area contributed by atoms with Gasteiger partial charge in [-0.2, -0.15) is 4.31 Å². The van der Waals surface area contributed by atoms with E-state index < -0.39 is 10.0 Å². The van der Waals surface area contributed by atoms with E-state index in [2.05, 4.69) is 6.92 Å². The highest BCUT2D eigenvalue weighted by Crippen LogP contribution is 2.38. The maximum absolute atomic E-state index is 12.3. The normalized spacial score (nSPS) is 28.1. The number of nitrogens with zero attached hydrogens (tertiary/aromatic N) is 1. The van der Waals surface area contributed by atoms with Crippen molar-refractivity contribution in [3.8, 4) is 0 Å². The Kier molecular flexibility index (Phi) is 3.27. The fourth-order valence-corrected chi connectivity index (χ4v) is 4.16. The maximum Gasteiger partial charge on any atom is 0.243 e. The summed E-state index contributed by atoms with van der Waals surface area (Å²) in [7, 11) is -3.27. The zero-order chi connectivity index (χ0) is 12.6. The Morgan fingerprint density at radius 2 is 1.82 bits per heavy atom. The molecule has 1 saturated heterocycles. The van der Waals surface area contributed by atoms with Crippen molar-refractivity contribution < 1.29 is 8.42 Å². The van der Waals surface area contributed by atoms with Gasteiger partial charge in [-0.1, -0.05) is 31.0 Å². The molecule has 2 rings (SSSR count). The molecular formula is C13H19NO2S. The molecule has 94 valence electrons. The van der Waals surface area contributed by atoms with Crippen molar-refractivity contribution in [3.05, 3.63) is 29.8 Å². The van der Waals surface area contributed by atoms with Gasteiger partial charge in [0.2, 0.25) is 10.0 Å². The predicted molar refractivity (Wildman–Crippen MR) is 68.4 cm³/mol. The summed E-state index contributed by atoms with van der Waals surface area (Å²) in [5.41, 5.74) is 1.08. The van der Waals surface area contributed by atoms with Crippen LogP contribution < -0.4 is 0 Å². The van der Waals surface area contributed by atoms with Crippen LogP contribution in [0.1, 0.15) is 32.3 Å². The Labute approximate surface area is 104 Å². The van der Waals surface area contributed by atoms with Crippen LogP contribution in [-0.2, 0) is 10.0 Å². The summed E-state index contributed by atoms with van der Waals surface area (Å²) in [5, 5.41) is 0. The van der Waals surface area contributed by atoms with Crippen LogP contribution in [0.5, 0.6) is 0 Å². The fraction of sp³-hybridized carbons (Fsp3) is 0.538. The lowest BCUT2D eigenvalue weighted by atomic mass is 10.2. The van der Waals surface area contributed by atoms with Gasteiger partial charge in [0, 0.05) is 12.1 Å². The molecule has 1 aliphatic rings. The van der Waals surface area contributed by atoms with E-state index in [9.17, 15) is 8.42 Å². The summed E-state index contributed by atoms with van der Waals surface area (Å²) in [4.78, 5) is 0.411. The van der Waals surface area contributed by atoms with Crippen LogP contribution in [0, 0.1) is 6.92 Å². The van der Waals surface area contributed by atoms with Crippen molar-refractivity contribution in [1.82, 2.24) is 4.31 Å². The van der Waals surface area contributed by atoms with Gasteiger partial charge in [0.15, 0.2) is 0 Å². The number of hydrogen-bond acceptors (Lipinski definition) is 2. The molecule has 17 heavy (non-hydrogen) atoms. The van der Waals surface area contributed by atoms with Crippen LogP contribution >= 0.6 is 0 Å². The molecule has 0 aromatic heterocycles. The maximum atomic E-state index is 12.3. The van der Waals surface area contributed by atoms with Gasteiger partial charge in [-0.15, -0.1) is 0 Å². The first-order chi connectivity index (χ1) is 7.98. The second kappa shape index (κ2) is 4.42. The van der Waals surface area contributed by atoms with Gasteiger partial charge in [0.25, 0.3) is 0 Å². The van der Waals surface area contributed by atoms with Crippen molar-refractivity contribution in [3.63, 3.8) is 0 Å². The van der Waals surface area contributed by atoms with Crippen molar-refractivity contribution in [2.75, 3.05) is 0 Å². The van der Waals surface area contributed by atoms with E-state index in [4.69, 9.17) is 0 Å². The Bertz CT molecular complexity index is 493. The third kappa shape index (κ3) is 2.24. The molecule has 1 aliphatic heterocycles. The summed E-state index contributed by atoms with van der Waals surface area (Å²) in [6, 6.07) is 7.43. The molecule has 1 unspecified atom stereocenters. The van der Waals surface area contributed by atoms with E-state index in [1.54, 1.807) is 16.4 Å². The standard InChI is InChI=1S/C13H19NO2S/c1-4-5-13-11(3)14(13)17(15,16)12-8-6-10(2)7-9-12/h6-9,11,13H,4-5H2,1-3H3/t11-,13-,14?/m0/s1. The highest BCUT2D eigenvalue weighted by Gasteiger charge is 2.51. The lowest BCUT2D eigenvalue weighted by Crippen LogP contribution is -2.15. The topological polar surface area (TPSA) is 37.1 Å². The molecule has 0 radical (unpaired) electrons. The van der Waals surface area contributed by atoms with E-state index in [0.717, 1.165) is 18.4 Å². The van der Waals surface area contributed by atoms with Gasteiger partial charge in [0.1, 0.15) is 0 Å². The Balaban J connectivity index is 2.23. The van der Waals surface area contributed by atoms with Gasteiger partial charge in [-0.3, -0.25) is 0 Å². The smallest absolute Gasteiger partial charge is 0.207 e. The summed E-state index contributed by atoms with van der Waals surface area (Å²) < 4.78 is 26.3. The van der Waals surface area contributed by atoms with Crippen LogP contribution in [-0.4, -0.2) is 24.8 Å². The first-order valence-corrected chi connectivity index (χ1v) is 7.52. The molecular weight excluding hydrogens is 234 g/mol. The SMILES string of the molecule is CCC[C@H]1[C@H](C)N1S(=O)(=O)c1ccc(C)cc1. The largest absolute Gasteiger partial charge is 0.243 e. The molecule has 0 spiro atoms. The van der Waals surface area contributed by atoms with E-state index in [1.165, 1.54) is 0 Å². The lowest BCUT2D eigenvalue weighted by molar-refractivity contribution is 0.542. The molecule has 1 heterocycles. The second-order valence-corrected chi connectivity index (χ2v) is 6.59. The summed E-state index contributed by atoms with van der Waals surface area (Å²) in [5.74, 6) is 0. The second-order valence-electron chi connectivity index (χ2n) is 4.74. The van der Waals surface area contributed by atoms with Crippen LogP contribution in [0.3, 0.4) is 0 Å². The fourth-order valence-electron chi connectivity index (χ4n) is 2.28. The summed E-state index contributed by atoms with van der Waals surface area (Å²) >= 11 is 0. The van der Waals surface area contributed by atoms with Gasteiger partial charge in [-0.25, -0.2) is 8.42 Å². The first-order valence-electron chi connectivity index (χ1n) is 6.08. The molecule has 3 nitrogen and oxygen atoms in total. The Hall–Kier alpha value is -0.870. The minimum atomic E-state index is -3.27. The predicted octanol–water partition coefficient (Wildman–Crippen LogP) is 2.56. The van der Waals surface area contributed by atoms with Gasteiger partial charge in [0.05, 0.1) is 4.90 Å². The molecule has 3 atom stereocenters. The van der Waals surface area contributed by atoms with Gasteiger partial charge in [-0.05, 0) is 32.4 Å². The minimum absolute atomic E-state index is 0.154. The molecule has 0 saturated carbocycles. The highest BCUT2D eigenvalue weighted by molar-refractivity contribution is 7.89. The van der Waals surface area contributed by atoms with Crippen LogP contribution in [0.2, 0.25) is 0 Å². The highest BCUT2D eigenvalue weighted by atomic mass is 32.2. The van der Waals surface area contributed by atoms with E-state index in [-0.39, 0.29) is 12.1 Å². The zero-order valence-corrected chi connectivity index (χ0v) is 11.4. The van der Waals surface area contributed by atoms with Crippen molar-refractivity contribution >= 4 is 10.0 Å². The average Bonchev–Trinajstić information content (AvgIpc) is 2.91. The molecule has 1 aromatic rings. The summed E-state index contributed by atoms with van der Waals surface area (Å²) in [6.07, 6.45) is 1.97. The van der Waals surface area contributed by atoms with Gasteiger partial charge < -0.3 is 0 Å². The molecule has 4 heteroatoms. The van der Waals surface area contributed by atoms with Crippen molar-refractivity contribution in [1.29, 1.82) is 0 Å².